The van der Waals surface area contributed by atoms with Crippen LogP contribution in [0.3, 0.4) is 0 Å². The normalized spacial score (nSPS) is 14.4. The Bertz CT molecular complexity index is 509. The summed E-state index contributed by atoms with van der Waals surface area (Å²) >= 11 is 11.2. The number of benzene rings is 1. The van der Waals surface area contributed by atoms with E-state index < -0.39 is 0 Å². The highest BCUT2D eigenvalue weighted by molar-refractivity contribution is 9.10. The maximum Gasteiger partial charge on any atom is 0.0406 e. The van der Waals surface area contributed by atoms with Crippen LogP contribution in [-0.2, 0) is 0 Å². The van der Waals surface area contributed by atoms with Crippen LogP contribution in [0.4, 0.5) is 0 Å². The molecule has 2 aromatic rings. The summed E-state index contributed by atoms with van der Waals surface area (Å²) in [7, 11) is 0. The molecule has 0 spiro atoms. The van der Waals surface area contributed by atoms with Crippen LogP contribution in [0.15, 0.2) is 40.2 Å². The monoisotopic (exact) mass is 343 g/mol. The van der Waals surface area contributed by atoms with Crippen LogP contribution in [0.2, 0.25) is 5.02 Å². The second-order valence-electron chi connectivity index (χ2n) is 4.29. The van der Waals surface area contributed by atoms with Crippen molar-refractivity contribution in [2.24, 2.45) is 0 Å². The average molecular weight is 345 g/mol. The van der Waals surface area contributed by atoms with E-state index in [0.29, 0.717) is 12.1 Å². The molecule has 0 bridgehead atoms. The molecule has 4 heteroatoms. The Hall–Kier alpha value is -0.350. The van der Waals surface area contributed by atoms with Crippen LogP contribution in [0, 0.1) is 0 Å². The van der Waals surface area contributed by atoms with Crippen molar-refractivity contribution >= 4 is 38.9 Å². The second kappa shape index (κ2) is 6.20. The minimum atomic E-state index is 0.297. The van der Waals surface area contributed by atoms with Gasteiger partial charge in [0.05, 0.1) is 0 Å². The highest BCUT2D eigenvalue weighted by Crippen LogP contribution is 2.30. The van der Waals surface area contributed by atoms with E-state index in [4.69, 9.17) is 11.6 Å². The zero-order chi connectivity index (χ0) is 13.1. The molecule has 1 N–H and O–H groups in total. The van der Waals surface area contributed by atoms with Gasteiger partial charge in [0.2, 0.25) is 0 Å². The zero-order valence-electron chi connectivity index (χ0n) is 10.3. The van der Waals surface area contributed by atoms with E-state index in [9.17, 15) is 0 Å². The molecule has 0 aliphatic carbocycles. The summed E-state index contributed by atoms with van der Waals surface area (Å²) in [5.74, 6) is 0. The van der Waals surface area contributed by atoms with Crippen molar-refractivity contribution in [1.82, 2.24) is 5.32 Å². The minimum Gasteiger partial charge on any atom is -0.303 e. The number of hydrogen-bond donors (Lipinski definition) is 1. The van der Waals surface area contributed by atoms with Gasteiger partial charge in [-0.2, -0.15) is 0 Å². The highest BCUT2D eigenvalue weighted by Gasteiger charge is 2.14. The molecule has 0 saturated carbocycles. The lowest BCUT2D eigenvalue weighted by atomic mass is 10.1. The van der Waals surface area contributed by atoms with Crippen molar-refractivity contribution in [1.29, 1.82) is 0 Å². The van der Waals surface area contributed by atoms with Crippen molar-refractivity contribution < 1.29 is 0 Å². The maximum absolute atomic E-state index is 5.90. The molecule has 0 radical (unpaired) electrons. The number of hydrogen-bond acceptors (Lipinski definition) is 2. The van der Waals surface area contributed by atoms with Gasteiger partial charge in [-0.3, -0.25) is 0 Å². The molecule has 1 aromatic carbocycles. The lowest BCUT2D eigenvalue weighted by Gasteiger charge is -2.20. The van der Waals surface area contributed by atoms with Crippen molar-refractivity contribution in [2.75, 3.05) is 0 Å². The number of thiophene rings is 1. The summed E-state index contributed by atoms with van der Waals surface area (Å²) in [6.45, 7) is 4.35. The number of halogens is 2. The molecule has 96 valence electrons. The predicted molar refractivity (Wildman–Crippen MR) is 83.4 cm³/mol. The fourth-order valence-corrected chi connectivity index (χ4v) is 3.77. The van der Waals surface area contributed by atoms with E-state index in [-0.39, 0.29) is 0 Å². The molecular weight excluding hydrogens is 330 g/mol. The van der Waals surface area contributed by atoms with Gasteiger partial charge in [0.25, 0.3) is 0 Å². The largest absolute Gasteiger partial charge is 0.303 e. The summed E-state index contributed by atoms with van der Waals surface area (Å²) in [6.07, 6.45) is 0. The third kappa shape index (κ3) is 3.35. The Morgan fingerprint density at radius 3 is 2.33 bits per heavy atom. The van der Waals surface area contributed by atoms with Crippen molar-refractivity contribution in [3.05, 3.63) is 55.6 Å². The van der Waals surface area contributed by atoms with Gasteiger partial charge in [-0.15, -0.1) is 11.3 Å². The molecule has 0 aliphatic heterocycles. The lowest BCUT2D eigenvalue weighted by molar-refractivity contribution is 0.499. The van der Waals surface area contributed by atoms with E-state index in [0.717, 1.165) is 5.02 Å². The Balaban J connectivity index is 2.05. The molecule has 1 heterocycles. The first-order valence-electron chi connectivity index (χ1n) is 5.82. The first-order valence-corrected chi connectivity index (χ1v) is 7.87. The fraction of sp³-hybridized carbons (Fsp3) is 0.286. The minimum absolute atomic E-state index is 0.297. The van der Waals surface area contributed by atoms with E-state index in [1.165, 1.54) is 14.9 Å². The van der Waals surface area contributed by atoms with Gasteiger partial charge in [0, 0.05) is 26.5 Å². The van der Waals surface area contributed by atoms with Gasteiger partial charge >= 0.3 is 0 Å². The fourth-order valence-electron chi connectivity index (χ4n) is 1.91. The van der Waals surface area contributed by atoms with E-state index >= 15 is 0 Å². The molecule has 2 rings (SSSR count). The SMILES string of the molecule is CC(NC(C)c1sccc1Br)c1ccc(Cl)cc1. The maximum atomic E-state index is 5.90. The topological polar surface area (TPSA) is 12.0 Å². The number of nitrogens with one attached hydrogen (secondary N) is 1. The van der Waals surface area contributed by atoms with Gasteiger partial charge in [-0.1, -0.05) is 23.7 Å². The molecule has 18 heavy (non-hydrogen) atoms. The zero-order valence-corrected chi connectivity index (χ0v) is 13.4. The van der Waals surface area contributed by atoms with Gasteiger partial charge in [-0.05, 0) is 58.9 Å². The van der Waals surface area contributed by atoms with Crippen LogP contribution in [-0.4, -0.2) is 0 Å². The predicted octanol–water partition coefficient (Wildman–Crippen LogP) is 5.58. The van der Waals surface area contributed by atoms with Crippen LogP contribution in [0.1, 0.15) is 36.4 Å². The first kappa shape index (κ1) is 14.1. The molecule has 0 fully saturated rings. The van der Waals surface area contributed by atoms with Gasteiger partial charge in [0.15, 0.2) is 0 Å². The first-order chi connectivity index (χ1) is 8.58. The summed E-state index contributed by atoms with van der Waals surface area (Å²) in [4.78, 5) is 1.33. The van der Waals surface area contributed by atoms with Gasteiger partial charge in [0.1, 0.15) is 0 Å². The highest BCUT2D eigenvalue weighted by atomic mass is 79.9. The van der Waals surface area contributed by atoms with Crippen LogP contribution >= 0.6 is 38.9 Å². The molecule has 0 amide bonds. The molecule has 0 aliphatic rings. The quantitative estimate of drug-likeness (QED) is 0.764. The van der Waals surface area contributed by atoms with E-state index in [2.05, 4.69) is 58.7 Å². The Morgan fingerprint density at radius 1 is 1.11 bits per heavy atom. The second-order valence-corrected chi connectivity index (χ2v) is 6.53. The van der Waals surface area contributed by atoms with E-state index in [1.54, 1.807) is 11.3 Å². The number of rotatable bonds is 4. The lowest BCUT2D eigenvalue weighted by Crippen LogP contribution is -2.21. The third-order valence-electron chi connectivity index (χ3n) is 2.91. The molecule has 1 nitrogen and oxygen atoms in total. The molecular formula is C14H15BrClNS. The van der Waals surface area contributed by atoms with Crippen LogP contribution in [0.25, 0.3) is 0 Å². The van der Waals surface area contributed by atoms with Gasteiger partial charge < -0.3 is 5.32 Å². The summed E-state index contributed by atoms with van der Waals surface area (Å²) in [5.41, 5.74) is 1.25. The Kier molecular flexibility index (Phi) is 4.84. The molecule has 0 saturated heterocycles. The van der Waals surface area contributed by atoms with Crippen LogP contribution < -0.4 is 5.32 Å². The standard InChI is InChI=1S/C14H15BrClNS/c1-9(11-3-5-12(16)6-4-11)17-10(2)14-13(15)7-8-18-14/h3-10,17H,1-2H3. The van der Waals surface area contributed by atoms with E-state index in [1.807, 2.05) is 12.1 Å². The van der Waals surface area contributed by atoms with Crippen molar-refractivity contribution in [3.8, 4) is 0 Å². The van der Waals surface area contributed by atoms with Crippen molar-refractivity contribution in [3.63, 3.8) is 0 Å². The third-order valence-corrected chi connectivity index (χ3v) is 5.21. The Morgan fingerprint density at radius 2 is 1.78 bits per heavy atom. The Labute approximate surface area is 125 Å². The van der Waals surface area contributed by atoms with Crippen molar-refractivity contribution in [2.45, 2.75) is 25.9 Å². The molecule has 2 atom stereocenters. The van der Waals surface area contributed by atoms with Crippen LogP contribution in [0.5, 0.6) is 0 Å². The van der Waals surface area contributed by atoms with Gasteiger partial charge in [-0.25, -0.2) is 0 Å². The summed E-state index contributed by atoms with van der Waals surface area (Å²) in [6, 6.07) is 10.7. The summed E-state index contributed by atoms with van der Waals surface area (Å²) < 4.78 is 1.18. The molecule has 1 aromatic heterocycles. The molecule has 2 unspecified atom stereocenters. The summed E-state index contributed by atoms with van der Waals surface area (Å²) in [5, 5.41) is 6.48. The smallest absolute Gasteiger partial charge is 0.0406 e. The average Bonchev–Trinajstić information content (AvgIpc) is 2.76.